The van der Waals surface area contributed by atoms with Crippen molar-refractivity contribution in [3.05, 3.63) is 48.6 Å². The van der Waals surface area contributed by atoms with E-state index in [0.29, 0.717) is 19.3 Å². The van der Waals surface area contributed by atoms with Gasteiger partial charge in [-0.25, -0.2) is 9.13 Å². The summed E-state index contributed by atoms with van der Waals surface area (Å²) < 4.78 is 49.3. The fourth-order valence-corrected chi connectivity index (χ4v) is 8.68. The molecule has 0 aliphatic heterocycles. The second kappa shape index (κ2) is 37.9. The molecule has 0 saturated heterocycles. The van der Waals surface area contributed by atoms with Crippen LogP contribution in [0.25, 0.3) is 0 Å². The van der Waals surface area contributed by atoms with Crippen LogP contribution in [0.5, 0.6) is 0 Å². The summed E-state index contributed by atoms with van der Waals surface area (Å²) in [6, 6.07) is 0. The first-order valence-corrected chi connectivity index (χ1v) is 27.2. The van der Waals surface area contributed by atoms with Crippen molar-refractivity contribution in [2.24, 2.45) is 0 Å². The van der Waals surface area contributed by atoms with Gasteiger partial charge >= 0.3 is 27.6 Å². The Kier molecular flexibility index (Phi) is 35.5. The molecule has 1 fully saturated rings. The van der Waals surface area contributed by atoms with Gasteiger partial charge in [0, 0.05) is 12.8 Å². The Balaban J connectivity index is 2.63. The van der Waals surface area contributed by atoms with E-state index in [1.807, 2.05) is 12.2 Å². The molecule has 1 aliphatic rings. The van der Waals surface area contributed by atoms with E-state index in [4.69, 9.17) is 18.5 Å². The normalized spacial score (nSPS) is 22.0. The minimum absolute atomic E-state index is 0.0312. The maximum Gasteiger partial charge on any atom is 0.472 e. The summed E-state index contributed by atoms with van der Waals surface area (Å²) >= 11 is 0. The number of aliphatic hydroxyl groups is 4. The second-order valence-corrected chi connectivity index (χ2v) is 19.4. The van der Waals surface area contributed by atoms with E-state index in [2.05, 4.69) is 54.8 Å². The van der Waals surface area contributed by atoms with Crippen molar-refractivity contribution in [2.45, 2.75) is 224 Å². The minimum atomic E-state index is -5.37. The van der Waals surface area contributed by atoms with Crippen LogP contribution in [0.1, 0.15) is 181 Å². The molecule has 7 N–H and O–H groups in total. The predicted octanol–water partition coefficient (Wildman–Crippen LogP) is 9.29. The molecule has 16 nitrogen and oxygen atoms in total. The summed E-state index contributed by atoms with van der Waals surface area (Å²) in [6.07, 6.45) is 27.9. The van der Waals surface area contributed by atoms with Crippen molar-refractivity contribution >= 4 is 27.6 Å². The average molecular weight is 967 g/mol. The number of hydrogen-bond donors (Lipinski definition) is 7. The van der Waals surface area contributed by atoms with Crippen molar-refractivity contribution in [3.8, 4) is 0 Å². The third kappa shape index (κ3) is 32.4. The van der Waals surface area contributed by atoms with E-state index in [9.17, 15) is 53.8 Å². The highest BCUT2D eigenvalue weighted by Gasteiger charge is 2.54. The maximum absolute atomic E-state index is 13.0. The van der Waals surface area contributed by atoms with Gasteiger partial charge in [0.15, 0.2) is 6.10 Å². The van der Waals surface area contributed by atoms with E-state index >= 15 is 0 Å². The molecule has 378 valence electrons. The van der Waals surface area contributed by atoms with Crippen molar-refractivity contribution in [1.29, 1.82) is 0 Å². The van der Waals surface area contributed by atoms with Crippen LogP contribution >= 0.6 is 15.6 Å². The average Bonchev–Trinajstić information content (AvgIpc) is 3.26. The molecule has 1 unspecified atom stereocenters. The number of unbranched alkanes of at least 4 members (excludes halogenated alkanes) is 18. The van der Waals surface area contributed by atoms with Gasteiger partial charge in [-0.05, 0) is 51.4 Å². The lowest BCUT2D eigenvalue weighted by Gasteiger charge is -2.43. The highest BCUT2D eigenvalue weighted by atomic mass is 31.2. The van der Waals surface area contributed by atoms with Crippen LogP contribution < -0.4 is 0 Å². The smallest absolute Gasteiger partial charge is 0.462 e. The topological polar surface area (TPSA) is 256 Å². The number of esters is 2. The summed E-state index contributed by atoms with van der Waals surface area (Å²) in [5.41, 5.74) is 0. The van der Waals surface area contributed by atoms with Crippen LogP contribution in [0.15, 0.2) is 48.6 Å². The van der Waals surface area contributed by atoms with Gasteiger partial charge in [0.25, 0.3) is 0 Å². The van der Waals surface area contributed by atoms with Crippen molar-refractivity contribution in [2.75, 3.05) is 13.2 Å². The van der Waals surface area contributed by atoms with Crippen LogP contribution in [0.3, 0.4) is 0 Å². The van der Waals surface area contributed by atoms with Gasteiger partial charge in [0.2, 0.25) is 0 Å². The van der Waals surface area contributed by atoms with Gasteiger partial charge in [-0.1, -0.05) is 165 Å². The Labute approximate surface area is 388 Å². The van der Waals surface area contributed by atoms with Crippen molar-refractivity contribution in [1.82, 2.24) is 0 Å². The third-order valence-corrected chi connectivity index (χ3v) is 12.4. The number of aliphatic hydroxyl groups excluding tert-OH is 4. The first-order chi connectivity index (χ1) is 31.1. The molecule has 0 radical (unpaired) electrons. The number of ether oxygens (including phenoxy) is 2. The molecule has 8 atom stereocenters. The quantitative estimate of drug-likeness (QED) is 0.0131. The van der Waals surface area contributed by atoms with E-state index in [1.54, 1.807) is 0 Å². The number of phosphoric acid groups is 2. The van der Waals surface area contributed by atoms with Crippen molar-refractivity contribution < 1.29 is 76.9 Å². The number of hydrogen-bond acceptors (Lipinski definition) is 13. The molecule has 0 aromatic rings. The van der Waals surface area contributed by atoms with Gasteiger partial charge in [-0.15, -0.1) is 0 Å². The van der Waals surface area contributed by atoms with E-state index in [1.165, 1.54) is 83.5 Å². The molecular weight excluding hydrogens is 882 g/mol. The first kappa shape index (κ1) is 61.0. The molecule has 0 amide bonds. The van der Waals surface area contributed by atoms with Gasteiger partial charge in [-0.3, -0.25) is 23.2 Å². The molecule has 18 heteroatoms. The highest BCUT2D eigenvalue weighted by Crippen LogP contribution is 2.49. The standard InChI is InChI=1S/C47H84O16P2/c1-3-5-7-9-11-13-15-17-19-20-22-24-26-28-30-32-34-36-41(49)61-39(37-59-40(48)35-33-31-29-27-25-23-21-18-16-14-12-10-8-6-4-2)38-60-65(57,58)63-47-44(52)42(50)43(51)46(45(47)53)62-64(54,55)56/h11,13,17,19,22,24,28,30,39,42-47,50-53H,3-10,12,14-16,18,20-21,23,25-27,29,31-38H2,1-2H3,(H,57,58)(H2,54,55,56)/b13-11-,19-17-,24-22-,30-28-/t39-,42+,43-,44-,45+,46+,47-/m1/s1. The van der Waals surface area contributed by atoms with Crippen molar-refractivity contribution in [3.63, 3.8) is 0 Å². The van der Waals surface area contributed by atoms with Gasteiger partial charge in [-0.2, -0.15) is 0 Å². The number of carbonyl (C=O) groups excluding carboxylic acids is 2. The molecular formula is C47H84O16P2. The lowest BCUT2D eigenvalue weighted by Crippen LogP contribution is -2.64. The number of phosphoric ester groups is 2. The SMILES string of the molecule is CCCCC/C=C\C/C=C\C/C=C\C/C=C\CCCC(=O)O[C@H](COC(=O)CCCCCCCCCCCCCCCCC)COP(=O)(O)O[C@H]1[C@@H](O)[C@@H](OP(=O)(O)O)[C@H](O)[C@H](O)[C@H]1O. The molecule has 0 aromatic carbocycles. The summed E-state index contributed by atoms with van der Waals surface area (Å²) in [4.78, 5) is 54.3. The molecule has 0 spiro atoms. The Morgan fingerprint density at radius 2 is 0.908 bits per heavy atom. The summed E-state index contributed by atoms with van der Waals surface area (Å²) in [5.74, 6) is -1.27. The maximum atomic E-state index is 13.0. The summed E-state index contributed by atoms with van der Waals surface area (Å²) in [7, 11) is -10.7. The third-order valence-electron chi connectivity index (χ3n) is 10.9. The number of allylic oxidation sites excluding steroid dienone is 8. The molecule has 0 aromatic heterocycles. The van der Waals surface area contributed by atoms with Crippen LogP contribution in [0, 0.1) is 0 Å². The summed E-state index contributed by atoms with van der Waals surface area (Å²) in [5, 5.41) is 41.2. The molecule has 0 heterocycles. The molecule has 65 heavy (non-hydrogen) atoms. The van der Waals surface area contributed by atoms with E-state index in [0.717, 1.165) is 51.4 Å². The van der Waals surface area contributed by atoms with E-state index in [-0.39, 0.29) is 12.8 Å². The highest BCUT2D eigenvalue weighted by molar-refractivity contribution is 7.47. The predicted molar refractivity (Wildman–Crippen MR) is 250 cm³/mol. The zero-order valence-electron chi connectivity index (χ0n) is 39.2. The van der Waals surface area contributed by atoms with Gasteiger partial charge in [0.1, 0.15) is 43.2 Å². The molecule has 1 aliphatic carbocycles. The Morgan fingerprint density at radius 3 is 1.40 bits per heavy atom. The largest absolute Gasteiger partial charge is 0.472 e. The lowest BCUT2D eigenvalue weighted by atomic mass is 9.85. The van der Waals surface area contributed by atoms with Crippen LogP contribution in [-0.4, -0.2) is 103 Å². The van der Waals surface area contributed by atoms with Gasteiger partial charge < -0.3 is 44.6 Å². The Bertz CT molecular complexity index is 1450. The first-order valence-electron chi connectivity index (χ1n) is 24.2. The number of carbonyl (C=O) groups is 2. The zero-order chi connectivity index (χ0) is 48.2. The Morgan fingerprint density at radius 1 is 0.492 bits per heavy atom. The summed E-state index contributed by atoms with van der Waals surface area (Å²) in [6.45, 7) is 3.04. The second-order valence-electron chi connectivity index (χ2n) is 16.8. The van der Waals surface area contributed by atoms with Crippen LogP contribution in [-0.2, 0) is 41.8 Å². The molecule has 1 saturated carbocycles. The minimum Gasteiger partial charge on any atom is -0.462 e. The number of rotatable bonds is 40. The lowest BCUT2D eigenvalue weighted by molar-refractivity contribution is -0.216. The van der Waals surface area contributed by atoms with Gasteiger partial charge in [0.05, 0.1) is 6.61 Å². The van der Waals surface area contributed by atoms with Crippen LogP contribution in [0.2, 0.25) is 0 Å². The monoisotopic (exact) mass is 967 g/mol. The van der Waals surface area contributed by atoms with Crippen LogP contribution in [0.4, 0.5) is 0 Å². The fraction of sp³-hybridized carbons (Fsp3) is 0.787. The molecule has 0 bridgehead atoms. The Hall–Kier alpha value is -2.04. The fourth-order valence-electron chi connectivity index (χ4n) is 7.14. The molecule has 1 rings (SSSR count). The zero-order valence-corrected chi connectivity index (χ0v) is 40.9. The van der Waals surface area contributed by atoms with E-state index < -0.39 is 83.5 Å².